The lowest BCUT2D eigenvalue weighted by Crippen LogP contribution is -2.33. The van der Waals surface area contributed by atoms with Crippen molar-refractivity contribution in [3.8, 4) is 0 Å². The molecule has 0 spiro atoms. The Morgan fingerprint density at radius 3 is 2.67 bits per heavy atom. The lowest BCUT2D eigenvalue weighted by atomic mass is 9.98. The van der Waals surface area contributed by atoms with Gasteiger partial charge < -0.3 is 10.3 Å². The summed E-state index contributed by atoms with van der Waals surface area (Å²) in [5, 5.41) is 0. The van der Waals surface area contributed by atoms with Gasteiger partial charge in [-0.2, -0.15) is 0 Å². The van der Waals surface area contributed by atoms with E-state index in [0.29, 0.717) is 18.8 Å². The van der Waals surface area contributed by atoms with E-state index in [4.69, 9.17) is 5.73 Å². The monoisotopic (exact) mass is 208 g/mol. The maximum Gasteiger partial charge on any atom is 0.150 e. The van der Waals surface area contributed by atoms with Gasteiger partial charge in [0.15, 0.2) is 0 Å². The van der Waals surface area contributed by atoms with Crippen LogP contribution in [0.1, 0.15) is 25.8 Å². The van der Waals surface area contributed by atoms with Gasteiger partial charge in [0.25, 0.3) is 0 Å². The Morgan fingerprint density at radius 1 is 1.53 bits per heavy atom. The summed E-state index contributed by atoms with van der Waals surface area (Å²) in [7, 11) is 1.96. The number of hydrogen-bond donors (Lipinski definition) is 1. The topological polar surface area (TPSA) is 48.0 Å². The molecule has 1 aromatic heterocycles. The van der Waals surface area contributed by atoms with Crippen LogP contribution in [0.3, 0.4) is 0 Å². The van der Waals surface area contributed by atoms with E-state index in [-0.39, 0.29) is 11.8 Å². The molecule has 0 aliphatic rings. The normalized spacial score (nSPS) is 13.1. The Hall–Kier alpha value is -1.09. The van der Waals surface area contributed by atoms with Gasteiger partial charge >= 0.3 is 0 Å². The summed E-state index contributed by atoms with van der Waals surface area (Å²) in [6.07, 6.45) is 5.19. The molecule has 0 aliphatic carbocycles. The number of hydrogen-bond acceptors (Lipinski definition) is 2. The van der Waals surface area contributed by atoms with Gasteiger partial charge in [-0.25, -0.2) is 0 Å². The van der Waals surface area contributed by atoms with Crippen LogP contribution in [0.15, 0.2) is 18.5 Å². The second kappa shape index (κ2) is 5.12. The first-order valence-corrected chi connectivity index (χ1v) is 5.38. The summed E-state index contributed by atoms with van der Waals surface area (Å²) < 4.78 is 1.97. The quantitative estimate of drug-likeness (QED) is 0.797. The predicted octanol–water partition coefficient (Wildman–Crippen LogP) is 1.51. The van der Waals surface area contributed by atoms with Crippen LogP contribution < -0.4 is 5.73 Å². The van der Waals surface area contributed by atoms with E-state index < -0.39 is 0 Å². The number of aryl methyl sites for hydroxylation is 1. The molecular formula is C12H20N2O. The first kappa shape index (κ1) is 12.0. The van der Waals surface area contributed by atoms with Crippen molar-refractivity contribution in [3.05, 3.63) is 24.0 Å². The van der Waals surface area contributed by atoms with E-state index in [1.807, 2.05) is 43.9 Å². The Morgan fingerprint density at radius 2 is 2.20 bits per heavy atom. The summed E-state index contributed by atoms with van der Waals surface area (Å²) in [6.45, 7) is 4.07. The molecule has 0 saturated heterocycles. The predicted molar refractivity (Wildman–Crippen MR) is 61.6 cm³/mol. The van der Waals surface area contributed by atoms with E-state index in [1.54, 1.807) is 0 Å². The van der Waals surface area contributed by atoms with E-state index in [0.717, 1.165) is 5.56 Å². The van der Waals surface area contributed by atoms with Gasteiger partial charge in [-0.1, -0.05) is 13.8 Å². The third kappa shape index (κ3) is 3.88. The molecule has 0 fully saturated rings. The Labute approximate surface area is 91.3 Å². The van der Waals surface area contributed by atoms with Crippen LogP contribution in [0.25, 0.3) is 0 Å². The summed E-state index contributed by atoms with van der Waals surface area (Å²) in [5.41, 5.74) is 6.97. The average Bonchev–Trinajstić information content (AvgIpc) is 2.50. The van der Waals surface area contributed by atoms with Gasteiger partial charge in [0.1, 0.15) is 5.78 Å². The van der Waals surface area contributed by atoms with Crippen molar-refractivity contribution in [3.63, 3.8) is 0 Å². The molecule has 3 heteroatoms. The maximum atomic E-state index is 11.6. The van der Waals surface area contributed by atoms with Crippen molar-refractivity contribution in [1.82, 2.24) is 4.57 Å². The van der Waals surface area contributed by atoms with Crippen LogP contribution in [-0.4, -0.2) is 16.4 Å². The molecule has 2 N–H and O–H groups in total. The van der Waals surface area contributed by atoms with Crippen molar-refractivity contribution in [2.24, 2.45) is 18.7 Å². The van der Waals surface area contributed by atoms with Gasteiger partial charge in [-0.15, -0.1) is 0 Å². The molecule has 3 nitrogen and oxygen atoms in total. The zero-order valence-electron chi connectivity index (χ0n) is 9.73. The number of Topliss-reactive ketones (excluding diaryl/α,β-unsaturated/α-hetero) is 1. The van der Waals surface area contributed by atoms with Crippen molar-refractivity contribution >= 4 is 5.78 Å². The van der Waals surface area contributed by atoms with Crippen LogP contribution in [0.5, 0.6) is 0 Å². The smallest absolute Gasteiger partial charge is 0.150 e. The number of nitrogens with zero attached hydrogens (tertiary/aromatic N) is 1. The van der Waals surface area contributed by atoms with E-state index >= 15 is 0 Å². The molecule has 1 atom stereocenters. The summed E-state index contributed by atoms with van der Waals surface area (Å²) in [6, 6.07) is 1.65. The second-order valence-corrected chi connectivity index (χ2v) is 4.56. The van der Waals surface area contributed by atoms with Crippen LogP contribution >= 0.6 is 0 Å². The highest BCUT2D eigenvalue weighted by atomic mass is 16.1. The highest BCUT2D eigenvalue weighted by Crippen LogP contribution is 2.07. The summed E-state index contributed by atoms with van der Waals surface area (Å²) >= 11 is 0. The Balaban J connectivity index is 2.48. The number of rotatable bonds is 5. The molecule has 0 bridgehead atoms. The fourth-order valence-corrected chi connectivity index (χ4v) is 1.60. The van der Waals surface area contributed by atoms with Crippen molar-refractivity contribution in [2.75, 3.05) is 0 Å². The van der Waals surface area contributed by atoms with Crippen LogP contribution in [0.2, 0.25) is 0 Å². The number of nitrogens with two attached hydrogens (primary N) is 1. The maximum absolute atomic E-state index is 11.6. The first-order valence-electron chi connectivity index (χ1n) is 5.38. The fourth-order valence-electron chi connectivity index (χ4n) is 1.60. The largest absolute Gasteiger partial charge is 0.357 e. The minimum atomic E-state index is -0.352. The molecule has 1 heterocycles. The third-order valence-corrected chi connectivity index (χ3v) is 2.37. The number of ketones is 1. The zero-order chi connectivity index (χ0) is 11.4. The molecule has 1 rings (SSSR count). The van der Waals surface area contributed by atoms with Crippen molar-refractivity contribution < 1.29 is 4.79 Å². The van der Waals surface area contributed by atoms with Crippen LogP contribution in [-0.2, 0) is 18.3 Å². The van der Waals surface area contributed by atoms with Crippen LogP contribution in [0, 0.1) is 5.92 Å². The number of carbonyl (C=O) groups is 1. The highest BCUT2D eigenvalue weighted by molar-refractivity contribution is 5.84. The standard InChI is InChI=1S/C12H20N2O/c1-9(2)6-12(15)11(13)7-10-4-5-14(3)8-10/h4-5,8-9,11H,6-7,13H2,1-3H3. The zero-order valence-corrected chi connectivity index (χ0v) is 9.73. The second-order valence-electron chi connectivity index (χ2n) is 4.56. The molecule has 1 unspecified atom stereocenters. The minimum Gasteiger partial charge on any atom is -0.357 e. The molecule has 0 amide bonds. The Kier molecular flexibility index (Phi) is 4.09. The van der Waals surface area contributed by atoms with Gasteiger partial charge in [-0.3, -0.25) is 4.79 Å². The van der Waals surface area contributed by atoms with Gasteiger partial charge in [0.2, 0.25) is 0 Å². The van der Waals surface area contributed by atoms with Crippen LogP contribution in [0.4, 0.5) is 0 Å². The average molecular weight is 208 g/mol. The molecule has 0 aliphatic heterocycles. The van der Waals surface area contributed by atoms with Gasteiger partial charge in [0, 0.05) is 25.9 Å². The number of carbonyl (C=O) groups excluding carboxylic acids is 1. The van der Waals surface area contributed by atoms with Crippen molar-refractivity contribution in [1.29, 1.82) is 0 Å². The summed E-state index contributed by atoms with van der Waals surface area (Å²) in [4.78, 5) is 11.6. The molecule has 0 radical (unpaired) electrons. The fraction of sp³-hybridized carbons (Fsp3) is 0.583. The molecule has 1 aromatic rings. The highest BCUT2D eigenvalue weighted by Gasteiger charge is 2.15. The summed E-state index contributed by atoms with van der Waals surface area (Å²) in [5.74, 6) is 0.549. The third-order valence-electron chi connectivity index (χ3n) is 2.37. The minimum absolute atomic E-state index is 0.161. The SMILES string of the molecule is CC(C)CC(=O)C(N)Cc1ccn(C)c1. The molecule has 0 aromatic carbocycles. The molecule has 0 saturated carbocycles. The molecular weight excluding hydrogens is 188 g/mol. The van der Waals surface area contributed by atoms with E-state index in [9.17, 15) is 4.79 Å². The Bertz CT molecular complexity index is 328. The number of aromatic nitrogens is 1. The molecule has 84 valence electrons. The van der Waals surface area contributed by atoms with Crippen molar-refractivity contribution in [2.45, 2.75) is 32.7 Å². The first-order chi connectivity index (χ1) is 6.99. The van der Waals surface area contributed by atoms with Gasteiger partial charge in [-0.05, 0) is 24.0 Å². The van der Waals surface area contributed by atoms with E-state index in [2.05, 4.69) is 0 Å². The van der Waals surface area contributed by atoms with E-state index in [1.165, 1.54) is 0 Å². The molecule has 15 heavy (non-hydrogen) atoms. The lowest BCUT2D eigenvalue weighted by molar-refractivity contribution is -0.120. The van der Waals surface area contributed by atoms with Gasteiger partial charge in [0.05, 0.1) is 6.04 Å². The lowest BCUT2D eigenvalue weighted by Gasteiger charge is -2.11.